The third-order valence-electron chi connectivity index (χ3n) is 3.59. The molecular weight excluding hydrogens is 264 g/mol. The predicted molar refractivity (Wildman–Crippen MR) is 84.0 cm³/mol. The molecule has 3 N–H and O–H groups in total. The van der Waals surface area contributed by atoms with Gasteiger partial charge in [0, 0.05) is 18.7 Å². The first-order valence-electron chi connectivity index (χ1n) is 7.41. The zero-order chi connectivity index (χ0) is 15.1. The minimum Gasteiger partial charge on any atom is -0.492 e. The molecule has 0 aliphatic heterocycles. The highest BCUT2D eigenvalue weighted by atomic mass is 16.5. The number of ether oxygens (including phenoxy) is 1. The van der Waals surface area contributed by atoms with Gasteiger partial charge in [0.05, 0.1) is 11.7 Å². The van der Waals surface area contributed by atoms with Gasteiger partial charge in [-0.05, 0) is 31.5 Å². The first-order chi connectivity index (χ1) is 10.2. The molecule has 114 valence electrons. The molecule has 0 aliphatic rings. The van der Waals surface area contributed by atoms with Crippen LogP contribution in [0.1, 0.15) is 32.0 Å². The third kappa shape index (κ3) is 4.58. The minimum atomic E-state index is 0.0329. The van der Waals surface area contributed by atoms with Crippen molar-refractivity contribution in [2.45, 2.75) is 38.8 Å². The summed E-state index contributed by atoms with van der Waals surface area (Å²) in [6, 6.07) is 12.2. The van der Waals surface area contributed by atoms with Crippen LogP contribution in [-0.4, -0.2) is 22.4 Å². The summed E-state index contributed by atoms with van der Waals surface area (Å²) >= 11 is 0. The first kappa shape index (κ1) is 15.5. The molecule has 1 heterocycles. The van der Waals surface area contributed by atoms with Crippen molar-refractivity contribution in [3.63, 3.8) is 0 Å². The van der Waals surface area contributed by atoms with Crippen molar-refractivity contribution in [3.05, 3.63) is 48.3 Å². The van der Waals surface area contributed by atoms with E-state index in [-0.39, 0.29) is 6.04 Å². The van der Waals surface area contributed by atoms with Crippen LogP contribution in [0.4, 0.5) is 0 Å². The lowest BCUT2D eigenvalue weighted by Gasteiger charge is -2.16. The summed E-state index contributed by atoms with van der Waals surface area (Å²) in [6.07, 6.45) is 3.83. The molecule has 1 aromatic carbocycles. The second-order valence-electron chi connectivity index (χ2n) is 5.24. The van der Waals surface area contributed by atoms with Crippen molar-refractivity contribution in [2.75, 3.05) is 6.61 Å². The van der Waals surface area contributed by atoms with Crippen LogP contribution in [0.15, 0.2) is 42.6 Å². The van der Waals surface area contributed by atoms with E-state index in [1.54, 1.807) is 0 Å². The number of benzene rings is 1. The number of hydrogen-bond donors (Lipinski definition) is 2. The Labute approximate surface area is 126 Å². The van der Waals surface area contributed by atoms with Gasteiger partial charge in [-0.3, -0.25) is 16.0 Å². The monoisotopic (exact) mass is 288 g/mol. The predicted octanol–water partition coefficient (Wildman–Crippen LogP) is 2.31. The van der Waals surface area contributed by atoms with Gasteiger partial charge in [0.15, 0.2) is 0 Å². The Morgan fingerprint density at radius 3 is 2.71 bits per heavy atom. The van der Waals surface area contributed by atoms with Crippen LogP contribution in [-0.2, 0) is 6.42 Å². The maximum absolute atomic E-state index is 5.73. The van der Waals surface area contributed by atoms with Crippen LogP contribution in [0.5, 0.6) is 5.75 Å². The fraction of sp³-hybridized carbons (Fsp3) is 0.438. The normalized spacial score (nSPS) is 13.9. The molecule has 0 saturated heterocycles. The molecule has 21 heavy (non-hydrogen) atoms. The Bertz CT molecular complexity index is 526. The van der Waals surface area contributed by atoms with Gasteiger partial charge in [0.2, 0.25) is 0 Å². The highest BCUT2D eigenvalue weighted by Gasteiger charge is 2.12. The molecule has 5 nitrogen and oxygen atoms in total. The second-order valence-corrected chi connectivity index (χ2v) is 5.24. The number of nitrogens with two attached hydrogens (primary N) is 1. The topological polar surface area (TPSA) is 65.1 Å². The van der Waals surface area contributed by atoms with E-state index in [0.29, 0.717) is 12.6 Å². The first-order valence-corrected chi connectivity index (χ1v) is 7.41. The zero-order valence-corrected chi connectivity index (χ0v) is 12.7. The minimum absolute atomic E-state index is 0.0329. The van der Waals surface area contributed by atoms with Crippen LogP contribution in [0.3, 0.4) is 0 Å². The van der Waals surface area contributed by atoms with E-state index in [9.17, 15) is 0 Å². The van der Waals surface area contributed by atoms with Crippen molar-refractivity contribution in [3.8, 4) is 5.75 Å². The van der Waals surface area contributed by atoms with Crippen LogP contribution in [0.25, 0.3) is 0 Å². The van der Waals surface area contributed by atoms with E-state index in [2.05, 4.69) is 24.4 Å². The molecule has 0 bridgehead atoms. The number of nitrogens with zero attached hydrogens (tertiary/aromatic N) is 2. The number of hydrogen-bond acceptors (Lipinski definition) is 4. The van der Waals surface area contributed by atoms with Gasteiger partial charge in [0.25, 0.3) is 0 Å². The summed E-state index contributed by atoms with van der Waals surface area (Å²) < 4.78 is 7.73. The summed E-state index contributed by atoms with van der Waals surface area (Å²) in [5, 5.41) is 4.59. The molecule has 1 aromatic heterocycles. The fourth-order valence-electron chi connectivity index (χ4n) is 2.05. The molecule has 5 heteroatoms. The van der Waals surface area contributed by atoms with Gasteiger partial charge in [0.1, 0.15) is 12.4 Å². The number of nitrogens with one attached hydrogen (secondary N) is 1. The SMILES string of the molecule is CCC(C)n1ccc(CC(COc2ccccc2)NN)n1. The van der Waals surface area contributed by atoms with E-state index >= 15 is 0 Å². The lowest BCUT2D eigenvalue weighted by molar-refractivity contribution is 0.263. The van der Waals surface area contributed by atoms with E-state index in [4.69, 9.17) is 10.6 Å². The summed E-state index contributed by atoms with van der Waals surface area (Å²) in [5.41, 5.74) is 3.82. The molecule has 2 unspecified atom stereocenters. The molecule has 0 fully saturated rings. The molecule has 2 atom stereocenters. The Kier molecular flexibility index (Phi) is 5.78. The van der Waals surface area contributed by atoms with Gasteiger partial charge in [-0.25, -0.2) is 0 Å². The highest BCUT2D eigenvalue weighted by molar-refractivity contribution is 5.21. The van der Waals surface area contributed by atoms with Gasteiger partial charge >= 0.3 is 0 Å². The number of rotatable bonds is 8. The smallest absolute Gasteiger partial charge is 0.119 e. The molecule has 2 rings (SSSR count). The van der Waals surface area contributed by atoms with E-state index in [1.807, 2.05) is 47.3 Å². The van der Waals surface area contributed by atoms with Gasteiger partial charge in [-0.15, -0.1) is 0 Å². The Morgan fingerprint density at radius 2 is 2.05 bits per heavy atom. The molecule has 0 amide bonds. The highest BCUT2D eigenvalue weighted by Crippen LogP contribution is 2.12. The largest absolute Gasteiger partial charge is 0.492 e. The van der Waals surface area contributed by atoms with E-state index < -0.39 is 0 Å². The van der Waals surface area contributed by atoms with Crippen molar-refractivity contribution in [1.82, 2.24) is 15.2 Å². The zero-order valence-electron chi connectivity index (χ0n) is 12.7. The lowest BCUT2D eigenvalue weighted by Crippen LogP contribution is -2.41. The summed E-state index contributed by atoms with van der Waals surface area (Å²) in [7, 11) is 0. The van der Waals surface area contributed by atoms with Crippen LogP contribution in [0, 0.1) is 0 Å². The van der Waals surface area contributed by atoms with Crippen LogP contribution < -0.4 is 16.0 Å². The quantitative estimate of drug-likeness (QED) is 0.578. The van der Waals surface area contributed by atoms with Crippen molar-refractivity contribution >= 4 is 0 Å². The Morgan fingerprint density at radius 1 is 1.29 bits per heavy atom. The summed E-state index contributed by atoms with van der Waals surface area (Å²) in [5.74, 6) is 6.46. The number of aromatic nitrogens is 2. The van der Waals surface area contributed by atoms with Crippen molar-refractivity contribution in [2.24, 2.45) is 5.84 Å². The maximum atomic E-state index is 5.73. The molecule has 0 aliphatic carbocycles. The summed E-state index contributed by atoms with van der Waals surface area (Å²) in [4.78, 5) is 0. The Hall–Kier alpha value is -1.85. The molecule has 2 aromatic rings. The fourth-order valence-corrected chi connectivity index (χ4v) is 2.05. The van der Waals surface area contributed by atoms with Gasteiger partial charge < -0.3 is 4.74 Å². The Balaban J connectivity index is 1.88. The summed E-state index contributed by atoms with van der Waals surface area (Å²) in [6.45, 7) is 4.83. The van der Waals surface area contributed by atoms with Crippen LogP contribution in [0.2, 0.25) is 0 Å². The van der Waals surface area contributed by atoms with E-state index in [1.165, 1.54) is 0 Å². The molecular formula is C16H24N4O. The van der Waals surface area contributed by atoms with Crippen molar-refractivity contribution < 1.29 is 4.74 Å². The number of para-hydroxylation sites is 1. The third-order valence-corrected chi connectivity index (χ3v) is 3.59. The molecule has 0 spiro atoms. The van der Waals surface area contributed by atoms with Gasteiger partial charge in [-0.1, -0.05) is 25.1 Å². The molecule has 0 radical (unpaired) electrons. The lowest BCUT2D eigenvalue weighted by atomic mass is 10.2. The molecule has 0 saturated carbocycles. The second kappa shape index (κ2) is 7.81. The average molecular weight is 288 g/mol. The van der Waals surface area contributed by atoms with E-state index in [0.717, 1.165) is 24.3 Å². The van der Waals surface area contributed by atoms with Crippen LogP contribution >= 0.6 is 0 Å². The maximum Gasteiger partial charge on any atom is 0.119 e. The average Bonchev–Trinajstić information content (AvgIpc) is 3.00. The van der Waals surface area contributed by atoms with Gasteiger partial charge in [-0.2, -0.15) is 5.10 Å². The van der Waals surface area contributed by atoms with Crippen molar-refractivity contribution in [1.29, 1.82) is 0 Å². The number of hydrazine groups is 1. The standard InChI is InChI=1S/C16H24N4O/c1-3-13(2)20-10-9-14(19-20)11-15(18-17)12-21-16-7-5-4-6-8-16/h4-10,13,15,18H,3,11-12,17H2,1-2H3.